The van der Waals surface area contributed by atoms with E-state index < -0.39 is 97.7 Å². The summed E-state index contributed by atoms with van der Waals surface area (Å²) in [6.45, 7) is 4.75. The molecule has 0 radical (unpaired) electrons. The van der Waals surface area contributed by atoms with Gasteiger partial charge in [-0.3, -0.25) is 14.4 Å². The largest absolute Gasteiger partial charge is 0.456 e. The highest BCUT2D eigenvalue weighted by Gasteiger charge is 2.54. The highest BCUT2D eigenvalue weighted by atomic mass is 16.8. The number of esters is 6. The minimum Gasteiger partial charge on any atom is -0.456 e. The average molecular weight is 835 g/mol. The maximum atomic E-state index is 13.9. The topological polar surface area (TPSA) is 195 Å². The second-order valence-corrected chi connectivity index (χ2v) is 14.0. The molecule has 0 amide bonds. The first-order valence-corrected chi connectivity index (χ1v) is 19.7. The molecule has 2 aliphatic rings. The Morgan fingerprint density at radius 2 is 0.983 bits per heavy atom. The molecule has 60 heavy (non-hydrogen) atoms. The molecule has 0 spiro atoms. The molecule has 0 saturated carbocycles. The Hall–Kier alpha value is -5.68. The summed E-state index contributed by atoms with van der Waals surface area (Å²) >= 11 is 0. The van der Waals surface area contributed by atoms with Gasteiger partial charge in [0.2, 0.25) is 0 Å². The van der Waals surface area contributed by atoms with Crippen molar-refractivity contribution in [2.24, 2.45) is 0 Å². The molecule has 5 rings (SSSR count). The number of carbonyl (C=O) groups is 6. The van der Waals surface area contributed by atoms with Crippen LogP contribution in [0.5, 0.6) is 0 Å². The normalized spacial score (nSPS) is 24.9. The van der Waals surface area contributed by atoms with Crippen LogP contribution in [0, 0.1) is 0 Å². The van der Waals surface area contributed by atoms with E-state index in [0.29, 0.717) is 6.42 Å². The van der Waals surface area contributed by atoms with Gasteiger partial charge in [0, 0.05) is 27.4 Å². The van der Waals surface area contributed by atoms with Gasteiger partial charge in [0.15, 0.2) is 49.2 Å². The number of hydrogen-bond acceptors (Lipinski definition) is 16. The Bertz CT molecular complexity index is 1870. The summed E-state index contributed by atoms with van der Waals surface area (Å²) in [5, 5.41) is 0. The predicted octanol–water partition coefficient (Wildman–Crippen LogP) is 5.15. The van der Waals surface area contributed by atoms with Crippen LogP contribution < -0.4 is 0 Å². The van der Waals surface area contributed by atoms with Gasteiger partial charge in [0.25, 0.3) is 0 Å². The molecule has 16 nitrogen and oxygen atoms in total. The zero-order chi connectivity index (χ0) is 43.0. The van der Waals surface area contributed by atoms with Gasteiger partial charge in [-0.1, -0.05) is 80.8 Å². The van der Waals surface area contributed by atoms with E-state index in [-0.39, 0.29) is 29.9 Å². The lowest BCUT2D eigenvalue weighted by Gasteiger charge is -2.45. The van der Waals surface area contributed by atoms with E-state index in [9.17, 15) is 28.8 Å². The minimum atomic E-state index is -1.57. The van der Waals surface area contributed by atoms with Crippen molar-refractivity contribution in [2.45, 2.75) is 109 Å². The fourth-order valence-corrected chi connectivity index (χ4v) is 6.62. The van der Waals surface area contributed by atoms with E-state index in [0.717, 1.165) is 40.0 Å². The predicted molar refractivity (Wildman–Crippen MR) is 208 cm³/mol. The summed E-state index contributed by atoms with van der Waals surface area (Å²) in [5.41, 5.74) is 0.466. The first kappa shape index (κ1) is 45.4. The quantitative estimate of drug-likeness (QED) is 0.0926. The van der Waals surface area contributed by atoms with Crippen molar-refractivity contribution in [2.75, 3.05) is 19.8 Å². The van der Waals surface area contributed by atoms with E-state index >= 15 is 0 Å². The molecule has 3 aromatic carbocycles. The first-order chi connectivity index (χ1) is 28.9. The van der Waals surface area contributed by atoms with Crippen molar-refractivity contribution in [3.05, 3.63) is 108 Å². The Morgan fingerprint density at radius 3 is 1.48 bits per heavy atom. The Balaban J connectivity index is 1.55. The molecule has 9 atom stereocenters. The molecule has 0 aliphatic carbocycles. The summed E-state index contributed by atoms with van der Waals surface area (Å²) in [5.74, 6) is -4.75. The summed E-state index contributed by atoms with van der Waals surface area (Å²) in [4.78, 5) is 78.0. The molecule has 2 aliphatic heterocycles. The molecule has 0 N–H and O–H groups in total. The molecule has 2 heterocycles. The SMILES string of the molecule is CCCCCCO[C@@H]1O[C@H](CO[C@@H]2OC[C@@H](OC(C)=O)[C@H](OC(C)=O)[C@H]2OC(C)=O)[C@@H](OC(=O)c2ccccc2)[C@H](OC(=O)c2ccccc2)[C@H]1OC(=O)c1ccccc1. The van der Waals surface area contributed by atoms with Crippen LogP contribution in [0.3, 0.4) is 0 Å². The fourth-order valence-electron chi connectivity index (χ4n) is 6.62. The van der Waals surface area contributed by atoms with Crippen LogP contribution in [-0.4, -0.2) is 111 Å². The lowest BCUT2D eigenvalue weighted by molar-refractivity contribution is -0.320. The highest BCUT2D eigenvalue weighted by molar-refractivity contribution is 5.91. The number of benzene rings is 3. The van der Waals surface area contributed by atoms with Crippen LogP contribution >= 0.6 is 0 Å². The third-order valence-electron chi connectivity index (χ3n) is 9.36. The van der Waals surface area contributed by atoms with Crippen molar-refractivity contribution in [1.29, 1.82) is 0 Å². The van der Waals surface area contributed by atoms with Crippen molar-refractivity contribution >= 4 is 35.8 Å². The standard InChI is InChI=1S/C44H50O16/c1-5-6-7-17-24-51-44-39(60-42(50)32-22-15-10-16-23-32)37(59-41(49)31-20-13-9-14-21-31)35(58-40(48)30-18-11-8-12-19-30)34(57-44)26-53-43-38(56-29(4)47)36(55-28(3)46)33(25-52-43)54-27(2)45/h8-16,18-23,33-39,43-44H,5-7,17,24-26H2,1-4H3/t33-,34-,35-,36+,37+,38-,39-,43+,44-/m1/s1. The van der Waals surface area contributed by atoms with Gasteiger partial charge in [-0.2, -0.15) is 0 Å². The van der Waals surface area contributed by atoms with Crippen molar-refractivity contribution in [3.63, 3.8) is 0 Å². The summed E-state index contributed by atoms with van der Waals surface area (Å²) in [6.07, 6.45) is -9.51. The van der Waals surface area contributed by atoms with Gasteiger partial charge in [0.1, 0.15) is 6.10 Å². The number of rotatable bonds is 18. The van der Waals surface area contributed by atoms with Crippen molar-refractivity contribution in [3.8, 4) is 0 Å². The zero-order valence-corrected chi connectivity index (χ0v) is 33.8. The molecule has 0 unspecified atom stereocenters. The van der Waals surface area contributed by atoms with E-state index in [2.05, 4.69) is 6.92 Å². The molecule has 322 valence electrons. The van der Waals surface area contributed by atoms with Crippen LogP contribution in [0.1, 0.15) is 84.5 Å². The maximum Gasteiger partial charge on any atom is 0.338 e. The third-order valence-corrected chi connectivity index (χ3v) is 9.36. The van der Waals surface area contributed by atoms with Crippen LogP contribution in [0.2, 0.25) is 0 Å². The molecular weight excluding hydrogens is 784 g/mol. The average Bonchev–Trinajstić information content (AvgIpc) is 3.23. The number of hydrogen-bond donors (Lipinski definition) is 0. The summed E-state index contributed by atoms with van der Waals surface area (Å²) in [7, 11) is 0. The van der Waals surface area contributed by atoms with Gasteiger partial charge in [-0.25, -0.2) is 14.4 Å². The second kappa shape index (κ2) is 22.6. The Labute approximate surface area is 347 Å². The maximum absolute atomic E-state index is 13.9. The third kappa shape index (κ3) is 12.9. The molecule has 0 bridgehead atoms. The molecule has 3 aromatic rings. The Morgan fingerprint density at radius 1 is 0.517 bits per heavy atom. The second-order valence-electron chi connectivity index (χ2n) is 14.0. The van der Waals surface area contributed by atoms with E-state index in [1.807, 2.05) is 0 Å². The van der Waals surface area contributed by atoms with Crippen LogP contribution in [0.4, 0.5) is 0 Å². The Kier molecular flexibility index (Phi) is 17.1. The lowest BCUT2D eigenvalue weighted by atomic mass is 9.97. The smallest absolute Gasteiger partial charge is 0.338 e. The molecule has 16 heteroatoms. The fraction of sp³-hybridized carbons (Fsp3) is 0.455. The molecule has 2 fully saturated rings. The first-order valence-electron chi connectivity index (χ1n) is 19.7. The highest BCUT2D eigenvalue weighted by Crippen LogP contribution is 2.33. The van der Waals surface area contributed by atoms with Crippen LogP contribution in [0.15, 0.2) is 91.0 Å². The number of carbonyl (C=O) groups excluding carboxylic acids is 6. The van der Waals surface area contributed by atoms with E-state index in [4.69, 9.17) is 47.4 Å². The van der Waals surface area contributed by atoms with Gasteiger partial charge in [-0.05, 0) is 42.8 Å². The number of ether oxygens (including phenoxy) is 10. The number of unbranched alkanes of at least 4 members (excludes halogenated alkanes) is 3. The zero-order valence-electron chi connectivity index (χ0n) is 33.8. The van der Waals surface area contributed by atoms with Gasteiger partial charge < -0.3 is 47.4 Å². The molecular formula is C44H50O16. The van der Waals surface area contributed by atoms with Crippen molar-refractivity contribution < 1.29 is 76.1 Å². The minimum absolute atomic E-state index is 0.142. The van der Waals surface area contributed by atoms with Crippen LogP contribution in [0.25, 0.3) is 0 Å². The molecule has 2 saturated heterocycles. The monoisotopic (exact) mass is 834 g/mol. The van der Waals surface area contributed by atoms with Gasteiger partial charge >= 0.3 is 35.8 Å². The van der Waals surface area contributed by atoms with Gasteiger partial charge in [0.05, 0.1) is 29.9 Å². The van der Waals surface area contributed by atoms with E-state index in [1.165, 1.54) is 24.3 Å². The van der Waals surface area contributed by atoms with Gasteiger partial charge in [-0.15, -0.1) is 0 Å². The van der Waals surface area contributed by atoms with Crippen molar-refractivity contribution in [1.82, 2.24) is 0 Å². The summed E-state index contributed by atoms with van der Waals surface area (Å²) < 4.78 is 59.4. The molecule has 0 aromatic heterocycles. The lowest BCUT2D eigenvalue weighted by Crippen LogP contribution is -2.64. The van der Waals surface area contributed by atoms with E-state index in [1.54, 1.807) is 66.7 Å². The summed E-state index contributed by atoms with van der Waals surface area (Å²) in [6, 6.07) is 24.2. The van der Waals surface area contributed by atoms with Crippen LogP contribution in [-0.2, 0) is 61.8 Å².